The summed E-state index contributed by atoms with van der Waals surface area (Å²) in [6, 6.07) is 6.29. The third-order valence-electron chi connectivity index (χ3n) is 10.6. The quantitative estimate of drug-likeness (QED) is 0.126. The molecule has 1 fully saturated rings. The van der Waals surface area contributed by atoms with Crippen LogP contribution >= 0.6 is 34.8 Å². The number of benzene rings is 2. The van der Waals surface area contributed by atoms with Crippen molar-refractivity contribution in [2.45, 2.75) is 43.7 Å². The van der Waals surface area contributed by atoms with E-state index in [0.717, 1.165) is 23.0 Å². The maximum atomic E-state index is 15.5. The van der Waals surface area contributed by atoms with Crippen LogP contribution < -0.4 is 15.6 Å². The van der Waals surface area contributed by atoms with E-state index in [0.29, 0.717) is 10.7 Å². The zero-order valence-electron chi connectivity index (χ0n) is 32.0. The van der Waals surface area contributed by atoms with Crippen LogP contribution in [0.25, 0.3) is 39.0 Å². The number of alkyl halides is 4. The fourth-order valence-electron chi connectivity index (χ4n) is 8.11. The topological polar surface area (TPSA) is 184 Å². The zero-order chi connectivity index (χ0) is 45.0. The molecule has 326 valence electrons. The van der Waals surface area contributed by atoms with Gasteiger partial charge < -0.3 is 5.32 Å². The number of hydrogen-bond acceptors (Lipinski definition) is 10. The minimum atomic E-state index is -3.94. The monoisotopic (exact) mass is 951 g/mol. The van der Waals surface area contributed by atoms with Crippen LogP contribution in [0.4, 0.5) is 32.2 Å². The molecule has 0 radical (unpaired) electrons. The number of carbonyl (C=O) groups is 1. The Morgan fingerprint density at radius 1 is 1.02 bits per heavy atom. The lowest BCUT2D eigenvalue weighted by Crippen LogP contribution is -2.38. The van der Waals surface area contributed by atoms with Gasteiger partial charge in [0.05, 0.1) is 51.2 Å². The minimum absolute atomic E-state index is 0.00643. The highest BCUT2D eigenvalue weighted by atomic mass is 35.5. The summed E-state index contributed by atoms with van der Waals surface area (Å²) in [6.45, 7) is -1.03. The lowest BCUT2D eigenvalue weighted by atomic mass is 10.0. The second kappa shape index (κ2) is 15.2. The van der Waals surface area contributed by atoms with Gasteiger partial charge in [-0.2, -0.15) is 19.0 Å². The van der Waals surface area contributed by atoms with Crippen molar-refractivity contribution in [2.75, 3.05) is 11.0 Å². The Bertz CT molecular complexity index is 3260. The molecule has 15 nitrogen and oxygen atoms in total. The molecule has 1 amide bonds. The Morgan fingerprint density at radius 2 is 1.75 bits per heavy atom. The van der Waals surface area contributed by atoms with E-state index in [1.54, 1.807) is 0 Å². The number of sulfonamides is 1. The van der Waals surface area contributed by atoms with Gasteiger partial charge >= 0.3 is 0 Å². The number of carbonyl (C=O) groups excluding carboxylic acids is 1. The van der Waals surface area contributed by atoms with E-state index < -0.39 is 87.7 Å². The number of halogens is 9. The van der Waals surface area contributed by atoms with Gasteiger partial charge in [-0.05, 0) is 54.3 Å². The van der Waals surface area contributed by atoms with Gasteiger partial charge in [0.2, 0.25) is 15.9 Å². The number of nitrogens with zero attached hydrogens (tertiary/aromatic N) is 9. The number of aryl methyl sites for hydroxylation is 1. The molecule has 2 aliphatic carbocycles. The van der Waals surface area contributed by atoms with Gasteiger partial charge in [0, 0.05) is 31.0 Å². The van der Waals surface area contributed by atoms with Gasteiger partial charge in [-0.25, -0.2) is 45.9 Å². The van der Waals surface area contributed by atoms with E-state index in [1.807, 2.05) is 0 Å². The molecule has 5 heterocycles. The predicted octanol–water partition coefficient (Wildman–Crippen LogP) is 7.18. The summed E-state index contributed by atoms with van der Waals surface area (Å²) in [7, 11) is -2.52. The van der Waals surface area contributed by atoms with E-state index in [-0.39, 0.29) is 83.5 Å². The van der Waals surface area contributed by atoms with E-state index in [2.05, 4.69) is 35.2 Å². The fourth-order valence-corrected chi connectivity index (χ4v) is 9.26. The van der Waals surface area contributed by atoms with Crippen molar-refractivity contribution in [2.24, 2.45) is 13.0 Å². The third-order valence-corrected chi connectivity index (χ3v) is 11.9. The number of pyridine rings is 1. The molecule has 0 unspecified atom stereocenters. The van der Waals surface area contributed by atoms with Crippen molar-refractivity contribution in [3.8, 4) is 17.1 Å². The summed E-state index contributed by atoms with van der Waals surface area (Å²) in [6.07, 6.45) is -1.71. The molecule has 0 spiro atoms. The highest BCUT2D eigenvalue weighted by Crippen LogP contribution is 2.68. The van der Waals surface area contributed by atoms with E-state index in [9.17, 15) is 35.6 Å². The standard InChI is InChI=1S/C38H26Cl3F6N11O4S/c1-56-30-23(6-4-20(39)27(30)35(54-56)55-63(2,61)62)58-36(52-34-17(37(58)60)3-5-21(50-34)28-32(41)51-24(40)12-48-28)22(9-14-7-15(42)10-16(43)8-14)49-25(59)13-57-31-26(29(53-57)33(44)45)18-11-19(18)38(31,46)47/h3-8,10,12,18-19,22,33H,9,11,13H2,1-2H3,(H,49,59)(H,54,55)/t18-,19+,22-/m0/s1. The van der Waals surface area contributed by atoms with Crippen LogP contribution in [0, 0.1) is 17.6 Å². The number of nitrogens with one attached hydrogen (secondary N) is 2. The van der Waals surface area contributed by atoms with E-state index in [4.69, 9.17) is 39.8 Å². The van der Waals surface area contributed by atoms with Crippen LogP contribution in [-0.2, 0) is 40.8 Å². The largest absolute Gasteiger partial charge is 0.344 e. The molecule has 63 heavy (non-hydrogen) atoms. The molecular weight excluding hydrogens is 927 g/mol. The summed E-state index contributed by atoms with van der Waals surface area (Å²) < 4.78 is 119. The lowest BCUT2D eigenvalue weighted by molar-refractivity contribution is -0.123. The van der Waals surface area contributed by atoms with Crippen molar-refractivity contribution in [3.63, 3.8) is 0 Å². The second-order valence-corrected chi connectivity index (χ2v) is 17.8. The summed E-state index contributed by atoms with van der Waals surface area (Å²) in [5.41, 5.74) is -3.15. The molecule has 0 aliphatic heterocycles. The minimum Gasteiger partial charge on any atom is -0.344 e. The Labute approximate surface area is 365 Å². The molecule has 9 rings (SSSR count). The number of fused-ring (bicyclic) bond motifs is 5. The van der Waals surface area contributed by atoms with Crippen molar-refractivity contribution >= 4 is 78.5 Å². The smallest absolute Gasteiger partial charge is 0.293 e. The maximum Gasteiger partial charge on any atom is 0.293 e. The first-order valence-corrected chi connectivity index (χ1v) is 21.5. The van der Waals surface area contributed by atoms with Gasteiger partial charge in [-0.3, -0.25) is 28.2 Å². The lowest BCUT2D eigenvalue weighted by Gasteiger charge is -2.24. The van der Waals surface area contributed by atoms with Crippen LogP contribution in [0.3, 0.4) is 0 Å². The van der Waals surface area contributed by atoms with Crippen molar-refractivity contribution in [1.82, 2.24) is 49.4 Å². The molecule has 2 aliphatic rings. The van der Waals surface area contributed by atoms with Gasteiger partial charge in [0.15, 0.2) is 16.6 Å². The number of hydrogen-bond donors (Lipinski definition) is 2. The van der Waals surface area contributed by atoms with Crippen LogP contribution in [0.5, 0.6) is 0 Å². The molecule has 2 N–H and O–H groups in total. The molecule has 3 atom stereocenters. The Hall–Kier alpha value is -5.84. The molecule has 0 saturated heterocycles. The number of anilines is 1. The summed E-state index contributed by atoms with van der Waals surface area (Å²) in [5, 5.41) is 10.3. The van der Waals surface area contributed by atoms with Gasteiger partial charge in [0.25, 0.3) is 17.9 Å². The van der Waals surface area contributed by atoms with Crippen molar-refractivity contribution in [1.29, 1.82) is 0 Å². The fraction of sp³-hybridized carbons (Fsp3) is 0.263. The Kier molecular flexibility index (Phi) is 10.2. The summed E-state index contributed by atoms with van der Waals surface area (Å²) in [5.74, 6) is -9.40. The Balaban J connectivity index is 1.26. The maximum absolute atomic E-state index is 15.5. The predicted molar refractivity (Wildman–Crippen MR) is 217 cm³/mol. The normalized spacial score (nSPS) is 17.0. The first kappa shape index (κ1) is 42.5. The van der Waals surface area contributed by atoms with Gasteiger partial charge in [-0.1, -0.05) is 34.8 Å². The number of aromatic nitrogens is 9. The van der Waals surface area contributed by atoms with Crippen LogP contribution in [0.2, 0.25) is 15.3 Å². The summed E-state index contributed by atoms with van der Waals surface area (Å²) >= 11 is 18.9. The van der Waals surface area contributed by atoms with Crippen LogP contribution in [0.15, 0.2) is 53.5 Å². The first-order valence-electron chi connectivity index (χ1n) is 18.5. The average molecular weight is 953 g/mol. The Morgan fingerprint density at radius 3 is 2.43 bits per heavy atom. The average Bonchev–Trinajstić information content (AvgIpc) is 3.72. The zero-order valence-corrected chi connectivity index (χ0v) is 35.1. The SMILES string of the molecule is Cn1nc(NS(C)(=O)=O)c2c(Cl)ccc(-n3c([C@H](Cc4cc(F)cc(F)c4)NC(=O)Cn4nc(C(F)F)c5c4C(F)(F)[C@@H]4C[C@H]54)nc4nc(-c5ncc(Cl)nc5Cl)ccc4c3=O)c21. The van der Waals surface area contributed by atoms with Gasteiger partial charge in [-0.15, -0.1) is 0 Å². The van der Waals surface area contributed by atoms with E-state index in [1.165, 1.54) is 42.2 Å². The van der Waals surface area contributed by atoms with Gasteiger partial charge in [0.1, 0.15) is 46.2 Å². The first-order chi connectivity index (χ1) is 29.7. The number of amides is 1. The summed E-state index contributed by atoms with van der Waals surface area (Å²) in [4.78, 5) is 46.5. The molecular formula is C38H26Cl3F6N11O4S. The van der Waals surface area contributed by atoms with E-state index >= 15 is 8.78 Å². The molecule has 1 saturated carbocycles. The highest BCUT2D eigenvalue weighted by Gasteiger charge is 2.67. The van der Waals surface area contributed by atoms with Crippen LogP contribution in [-0.4, -0.2) is 64.6 Å². The highest BCUT2D eigenvalue weighted by molar-refractivity contribution is 7.92. The molecule has 2 aromatic carbocycles. The molecule has 25 heteroatoms. The van der Waals surface area contributed by atoms with Crippen LogP contribution in [0.1, 0.15) is 53.1 Å². The van der Waals surface area contributed by atoms with Crippen molar-refractivity contribution in [3.05, 3.63) is 114 Å². The second-order valence-electron chi connectivity index (χ2n) is 14.9. The van der Waals surface area contributed by atoms with Crippen molar-refractivity contribution < 1.29 is 39.6 Å². The third kappa shape index (κ3) is 7.50. The molecule has 5 aromatic heterocycles. The molecule has 0 bridgehead atoms. The number of rotatable bonds is 11. The molecule has 7 aromatic rings.